The zero-order valence-corrected chi connectivity index (χ0v) is 10.6. The Labute approximate surface area is 102 Å². The molecule has 1 atom stereocenters. The number of rotatable bonds is 4. The summed E-state index contributed by atoms with van der Waals surface area (Å²) in [4.78, 5) is 0. The van der Waals surface area contributed by atoms with E-state index in [-0.39, 0.29) is 0 Å². The molecule has 1 N–H and O–H groups in total. The molecule has 0 saturated carbocycles. The van der Waals surface area contributed by atoms with E-state index in [4.69, 9.17) is 4.74 Å². The Morgan fingerprint density at radius 3 is 2.81 bits per heavy atom. The Hall–Kier alpha value is -0.830. The van der Waals surface area contributed by atoms with Crippen molar-refractivity contribution in [2.45, 2.75) is 25.8 Å². The predicted molar refractivity (Wildman–Crippen MR) is 71.6 cm³/mol. The van der Waals surface area contributed by atoms with E-state index in [1.807, 2.05) is 30.8 Å². The minimum absolute atomic E-state index is 0.636. The summed E-state index contributed by atoms with van der Waals surface area (Å²) in [7, 11) is 0. The summed E-state index contributed by atoms with van der Waals surface area (Å²) in [5.74, 6) is 3.50. The lowest BCUT2D eigenvalue weighted by Crippen LogP contribution is -2.25. The van der Waals surface area contributed by atoms with Crippen LogP contribution < -0.4 is 10.1 Å². The average Bonchev–Trinajstić information content (AvgIpc) is 2.33. The number of hydrogen-bond donors (Lipinski definition) is 1. The molecule has 0 radical (unpaired) electrons. The molecular formula is C13H19NOS. The van der Waals surface area contributed by atoms with Gasteiger partial charge in [0.15, 0.2) is 0 Å². The van der Waals surface area contributed by atoms with Crippen LogP contribution in [0.3, 0.4) is 0 Å². The first-order chi connectivity index (χ1) is 7.88. The number of nitrogens with one attached hydrogen (secondary N) is 1. The summed E-state index contributed by atoms with van der Waals surface area (Å²) < 4.78 is 5.42. The third kappa shape index (κ3) is 3.34. The summed E-state index contributed by atoms with van der Waals surface area (Å²) in [6.45, 7) is 2.73. The van der Waals surface area contributed by atoms with Crippen LogP contribution in [0.5, 0.6) is 5.75 Å². The number of benzene rings is 1. The number of ether oxygens (including phenoxy) is 1. The van der Waals surface area contributed by atoms with Gasteiger partial charge in [0.05, 0.1) is 6.61 Å². The topological polar surface area (TPSA) is 21.3 Å². The number of hydrogen-bond acceptors (Lipinski definition) is 3. The van der Waals surface area contributed by atoms with Gasteiger partial charge in [-0.1, -0.05) is 0 Å². The Bertz CT molecular complexity index is 306. The highest BCUT2D eigenvalue weighted by atomic mass is 32.2. The Kier molecular flexibility index (Phi) is 4.40. The molecule has 1 aromatic carbocycles. The Balaban J connectivity index is 1.88. The maximum atomic E-state index is 5.42. The number of anilines is 1. The second-order valence-corrected chi connectivity index (χ2v) is 5.17. The summed E-state index contributed by atoms with van der Waals surface area (Å²) in [6.07, 6.45) is 2.62. The molecule has 1 aliphatic rings. The van der Waals surface area contributed by atoms with E-state index in [1.165, 1.54) is 30.0 Å². The van der Waals surface area contributed by atoms with Gasteiger partial charge in [0, 0.05) is 17.5 Å². The van der Waals surface area contributed by atoms with Crippen LogP contribution in [0.15, 0.2) is 24.3 Å². The van der Waals surface area contributed by atoms with Crippen molar-refractivity contribution >= 4 is 17.4 Å². The summed E-state index contributed by atoms with van der Waals surface area (Å²) in [5, 5.41) is 3.57. The van der Waals surface area contributed by atoms with Crippen LogP contribution in [0.25, 0.3) is 0 Å². The molecule has 1 unspecified atom stereocenters. The van der Waals surface area contributed by atoms with Crippen molar-refractivity contribution in [3.8, 4) is 5.75 Å². The van der Waals surface area contributed by atoms with Crippen molar-refractivity contribution in [1.29, 1.82) is 0 Å². The van der Waals surface area contributed by atoms with Gasteiger partial charge >= 0.3 is 0 Å². The van der Waals surface area contributed by atoms with Gasteiger partial charge in [-0.2, -0.15) is 11.8 Å². The van der Waals surface area contributed by atoms with E-state index in [0.29, 0.717) is 6.04 Å². The highest BCUT2D eigenvalue weighted by molar-refractivity contribution is 7.99. The van der Waals surface area contributed by atoms with E-state index in [9.17, 15) is 0 Å². The molecule has 1 aliphatic heterocycles. The normalized spacial score (nSPS) is 20.4. The standard InChI is InChI=1S/C13H19NOS/c1-2-15-13-7-5-11(6-8-13)14-12-4-3-9-16-10-12/h5-8,12,14H,2-4,9-10H2,1H3. The quantitative estimate of drug-likeness (QED) is 0.867. The van der Waals surface area contributed by atoms with Crippen molar-refractivity contribution in [2.24, 2.45) is 0 Å². The van der Waals surface area contributed by atoms with Crippen LogP contribution in [0.2, 0.25) is 0 Å². The maximum absolute atomic E-state index is 5.42. The van der Waals surface area contributed by atoms with Crippen LogP contribution in [-0.2, 0) is 0 Å². The second kappa shape index (κ2) is 6.04. The molecule has 2 nitrogen and oxygen atoms in total. The van der Waals surface area contributed by atoms with E-state index in [2.05, 4.69) is 17.4 Å². The zero-order chi connectivity index (χ0) is 11.2. The van der Waals surface area contributed by atoms with Gasteiger partial charge in [-0.3, -0.25) is 0 Å². The molecule has 0 aromatic heterocycles. The van der Waals surface area contributed by atoms with Gasteiger partial charge in [0.2, 0.25) is 0 Å². The van der Waals surface area contributed by atoms with Gasteiger partial charge in [0.1, 0.15) is 5.75 Å². The number of thioether (sulfide) groups is 1. The van der Waals surface area contributed by atoms with Crippen molar-refractivity contribution < 1.29 is 4.74 Å². The SMILES string of the molecule is CCOc1ccc(NC2CCCSC2)cc1. The second-order valence-electron chi connectivity index (χ2n) is 4.02. The van der Waals surface area contributed by atoms with Gasteiger partial charge < -0.3 is 10.1 Å². The summed E-state index contributed by atoms with van der Waals surface area (Å²) in [6, 6.07) is 8.90. The lowest BCUT2D eigenvalue weighted by Gasteiger charge is -2.23. The zero-order valence-electron chi connectivity index (χ0n) is 9.74. The first-order valence-corrected chi connectivity index (χ1v) is 7.11. The highest BCUT2D eigenvalue weighted by Gasteiger charge is 2.12. The molecule has 88 valence electrons. The molecule has 2 rings (SSSR count). The molecular weight excluding hydrogens is 218 g/mol. The fraction of sp³-hybridized carbons (Fsp3) is 0.538. The van der Waals surface area contributed by atoms with E-state index < -0.39 is 0 Å². The molecule has 3 heteroatoms. The van der Waals surface area contributed by atoms with Gasteiger partial charge in [0.25, 0.3) is 0 Å². The molecule has 0 spiro atoms. The maximum Gasteiger partial charge on any atom is 0.119 e. The minimum Gasteiger partial charge on any atom is -0.494 e. The summed E-state index contributed by atoms with van der Waals surface area (Å²) in [5.41, 5.74) is 1.20. The van der Waals surface area contributed by atoms with Crippen molar-refractivity contribution in [2.75, 3.05) is 23.4 Å². The van der Waals surface area contributed by atoms with Crippen LogP contribution in [0.4, 0.5) is 5.69 Å². The summed E-state index contributed by atoms with van der Waals surface area (Å²) >= 11 is 2.05. The van der Waals surface area contributed by atoms with Crippen LogP contribution in [-0.4, -0.2) is 24.2 Å². The largest absolute Gasteiger partial charge is 0.494 e. The molecule has 1 heterocycles. The molecule has 1 saturated heterocycles. The van der Waals surface area contributed by atoms with Crippen molar-refractivity contribution in [3.05, 3.63) is 24.3 Å². The van der Waals surface area contributed by atoms with Gasteiger partial charge in [-0.05, 0) is 49.8 Å². The van der Waals surface area contributed by atoms with E-state index in [0.717, 1.165) is 12.4 Å². The van der Waals surface area contributed by atoms with E-state index in [1.54, 1.807) is 0 Å². The first kappa shape index (κ1) is 11.6. The third-order valence-electron chi connectivity index (χ3n) is 2.70. The van der Waals surface area contributed by atoms with Crippen molar-refractivity contribution in [1.82, 2.24) is 0 Å². The van der Waals surface area contributed by atoms with Crippen LogP contribution in [0, 0.1) is 0 Å². The monoisotopic (exact) mass is 237 g/mol. The molecule has 1 aromatic rings. The molecule has 0 aliphatic carbocycles. The van der Waals surface area contributed by atoms with E-state index >= 15 is 0 Å². The van der Waals surface area contributed by atoms with Crippen LogP contribution >= 0.6 is 11.8 Å². The third-order valence-corrected chi connectivity index (χ3v) is 3.91. The van der Waals surface area contributed by atoms with Gasteiger partial charge in [-0.25, -0.2) is 0 Å². The van der Waals surface area contributed by atoms with Crippen molar-refractivity contribution in [3.63, 3.8) is 0 Å². The Morgan fingerprint density at radius 2 is 2.19 bits per heavy atom. The molecule has 0 amide bonds. The first-order valence-electron chi connectivity index (χ1n) is 5.95. The molecule has 0 bridgehead atoms. The highest BCUT2D eigenvalue weighted by Crippen LogP contribution is 2.22. The molecule has 1 fully saturated rings. The fourth-order valence-corrected chi connectivity index (χ4v) is 2.98. The average molecular weight is 237 g/mol. The lowest BCUT2D eigenvalue weighted by molar-refractivity contribution is 0.340. The smallest absolute Gasteiger partial charge is 0.119 e. The Morgan fingerprint density at radius 1 is 1.38 bits per heavy atom. The minimum atomic E-state index is 0.636. The molecule has 16 heavy (non-hydrogen) atoms. The fourth-order valence-electron chi connectivity index (χ4n) is 1.90. The lowest BCUT2D eigenvalue weighted by atomic mass is 10.1. The predicted octanol–water partition coefficient (Wildman–Crippen LogP) is 3.39. The van der Waals surface area contributed by atoms with Crippen LogP contribution in [0.1, 0.15) is 19.8 Å². The van der Waals surface area contributed by atoms with Gasteiger partial charge in [-0.15, -0.1) is 0 Å².